The van der Waals surface area contributed by atoms with Crippen LogP contribution in [-0.4, -0.2) is 0 Å². The van der Waals surface area contributed by atoms with Gasteiger partial charge in [0.15, 0.2) is 0 Å². The minimum absolute atomic E-state index is 1.25. The Labute approximate surface area is 102 Å². The molecule has 0 nitrogen and oxygen atoms in total. The van der Waals surface area contributed by atoms with E-state index < -0.39 is 0 Å². The van der Waals surface area contributed by atoms with E-state index in [0.717, 1.165) is 0 Å². The second-order valence-corrected chi connectivity index (χ2v) is 1.71. The zero-order chi connectivity index (χ0) is 14.1. The second-order valence-electron chi connectivity index (χ2n) is 1.71. The van der Waals surface area contributed by atoms with Crippen LogP contribution in [0.3, 0.4) is 0 Å². The van der Waals surface area contributed by atoms with Crippen molar-refractivity contribution in [2.45, 2.75) is 88.5 Å². The summed E-state index contributed by atoms with van der Waals surface area (Å²) < 4.78 is 0. The molecule has 15 heavy (non-hydrogen) atoms. The van der Waals surface area contributed by atoms with Crippen molar-refractivity contribution in [2.75, 3.05) is 0 Å². The van der Waals surface area contributed by atoms with Crippen LogP contribution in [-0.2, 0) is 0 Å². The summed E-state index contributed by atoms with van der Waals surface area (Å²) in [7, 11) is 0. The van der Waals surface area contributed by atoms with Gasteiger partial charge in [0.1, 0.15) is 0 Å². The molecule has 0 heteroatoms. The first-order valence-corrected chi connectivity index (χ1v) is 6.83. The van der Waals surface area contributed by atoms with Gasteiger partial charge in [-0.1, -0.05) is 88.5 Å². The van der Waals surface area contributed by atoms with Crippen molar-refractivity contribution in [3.63, 3.8) is 0 Å². The summed E-state index contributed by atoms with van der Waals surface area (Å²) in [5.74, 6) is 0. The number of unbranched alkanes of at least 4 members (excludes halogenated alkanes) is 1. The summed E-state index contributed by atoms with van der Waals surface area (Å²) in [6.07, 6.45) is 3.89. The smallest absolute Gasteiger partial charge is 0.0564 e. The summed E-state index contributed by atoms with van der Waals surface area (Å²) in [4.78, 5) is 0. The fraction of sp³-hybridized carbons (Fsp3) is 0.867. The van der Waals surface area contributed by atoms with Crippen molar-refractivity contribution in [1.82, 2.24) is 0 Å². The molecule has 0 atom stereocenters. The Hall–Kier alpha value is -0.260. The fourth-order valence-electron chi connectivity index (χ4n) is 0. The van der Waals surface area contributed by atoms with Crippen LogP contribution in [0.2, 0.25) is 0 Å². The molecule has 0 aromatic carbocycles. The van der Waals surface area contributed by atoms with E-state index in [1.165, 1.54) is 19.3 Å². The Balaban J connectivity index is -0.0000000168. The minimum Gasteiger partial charge on any atom is -0.106 e. The number of hydrogen-bond acceptors (Lipinski definition) is 0. The Morgan fingerprint density at radius 3 is 0.600 bits per heavy atom. The highest BCUT2D eigenvalue weighted by Crippen LogP contribution is 1.76. The predicted octanol–water partition coefficient (Wildman–Crippen LogP) is 7.10. The standard InChI is InChI=1S/C4H10.C3H8.3C2H6.C2H4/c1-3-4-2;1-3-2;4*1-2/h3-4H2,1-2H3;3H2,1-2H3;3*1-2H3;1-2H2. The maximum absolute atomic E-state index is 3.00. The Bertz CT molecular complexity index is 14.0. The Kier molecular flexibility index (Phi) is 721. The number of hydrogen-bond donors (Lipinski definition) is 0. The van der Waals surface area contributed by atoms with Gasteiger partial charge < -0.3 is 0 Å². The Morgan fingerprint density at radius 2 is 0.600 bits per heavy atom. The quantitative estimate of drug-likeness (QED) is 0.413. The molecule has 0 rings (SSSR count). The molecule has 100 valence electrons. The minimum atomic E-state index is 1.25. The van der Waals surface area contributed by atoms with Crippen molar-refractivity contribution in [1.29, 1.82) is 0 Å². The maximum Gasteiger partial charge on any atom is -0.0564 e. The molecule has 0 amide bonds. The third kappa shape index (κ3) is 3460. The number of rotatable bonds is 1. The van der Waals surface area contributed by atoms with E-state index in [1.54, 1.807) is 0 Å². The molecule has 0 fully saturated rings. The zero-order valence-corrected chi connectivity index (χ0v) is 13.5. The fourth-order valence-corrected chi connectivity index (χ4v) is 0. The molecule has 0 N–H and O–H groups in total. The van der Waals surface area contributed by atoms with E-state index in [1.807, 2.05) is 41.5 Å². The van der Waals surface area contributed by atoms with Gasteiger partial charge in [0, 0.05) is 0 Å². The first-order valence-electron chi connectivity index (χ1n) is 6.83. The highest BCUT2D eigenvalue weighted by Gasteiger charge is 1.56. The second kappa shape index (κ2) is 297. The van der Waals surface area contributed by atoms with Gasteiger partial charge in [0.05, 0.1) is 0 Å². The molecule has 0 spiro atoms. The van der Waals surface area contributed by atoms with E-state index in [9.17, 15) is 0 Å². The summed E-state index contributed by atoms with van der Waals surface area (Å²) >= 11 is 0. The van der Waals surface area contributed by atoms with E-state index in [0.29, 0.717) is 0 Å². The molecule has 0 aliphatic rings. The summed E-state index contributed by atoms with van der Waals surface area (Å²) in [5, 5.41) is 0. The van der Waals surface area contributed by atoms with Crippen LogP contribution in [0.1, 0.15) is 88.5 Å². The molecule has 0 radical (unpaired) electrons. The van der Waals surface area contributed by atoms with Crippen LogP contribution in [0.5, 0.6) is 0 Å². The third-order valence-electron chi connectivity index (χ3n) is 0.500. The molecule has 0 bridgehead atoms. The van der Waals surface area contributed by atoms with E-state index in [2.05, 4.69) is 40.9 Å². The van der Waals surface area contributed by atoms with Gasteiger partial charge in [0.2, 0.25) is 0 Å². The van der Waals surface area contributed by atoms with Gasteiger partial charge in [0.25, 0.3) is 0 Å². The van der Waals surface area contributed by atoms with E-state index in [4.69, 9.17) is 0 Å². The molecule has 0 aromatic rings. The highest BCUT2D eigenvalue weighted by molar-refractivity contribution is 4.22. The van der Waals surface area contributed by atoms with Crippen molar-refractivity contribution in [3.05, 3.63) is 13.2 Å². The lowest BCUT2D eigenvalue weighted by Gasteiger charge is -1.68. The molecule has 0 saturated carbocycles. The van der Waals surface area contributed by atoms with Crippen molar-refractivity contribution in [2.24, 2.45) is 0 Å². The van der Waals surface area contributed by atoms with E-state index in [-0.39, 0.29) is 0 Å². The Morgan fingerprint density at radius 1 is 0.533 bits per heavy atom. The normalized spacial score (nSPS) is 4.67. The summed E-state index contributed by atoms with van der Waals surface area (Å²) in [6, 6.07) is 0. The largest absolute Gasteiger partial charge is 0.106 e. The molecule has 0 aliphatic carbocycles. The van der Waals surface area contributed by atoms with Crippen LogP contribution >= 0.6 is 0 Å². The molecule has 0 unspecified atom stereocenters. The maximum atomic E-state index is 3.00. The summed E-state index contributed by atoms with van der Waals surface area (Å²) in [5.41, 5.74) is 0. The SMILES string of the molecule is C=C.CC.CC.CC.CCC.CCCC. The van der Waals surface area contributed by atoms with Crippen molar-refractivity contribution < 1.29 is 0 Å². The lowest BCUT2D eigenvalue weighted by molar-refractivity contribution is 0.886. The van der Waals surface area contributed by atoms with Gasteiger partial charge in [-0.05, 0) is 0 Å². The molecule has 0 aliphatic heterocycles. The monoisotopic (exact) mass is 220 g/mol. The van der Waals surface area contributed by atoms with Crippen LogP contribution in [0, 0.1) is 0 Å². The van der Waals surface area contributed by atoms with Gasteiger partial charge >= 0.3 is 0 Å². The topological polar surface area (TPSA) is 0 Å². The van der Waals surface area contributed by atoms with Crippen LogP contribution < -0.4 is 0 Å². The zero-order valence-electron chi connectivity index (χ0n) is 13.5. The molecule has 0 heterocycles. The average molecular weight is 220 g/mol. The van der Waals surface area contributed by atoms with E-state index >= 15 is 0 Å². The average Bonchev–Trinajstić information content (AvgIpc) is 2.39. The lowest BCUT2D eigenvalue weighted by atomic mass is 10.4. The molecular formula is C15H40. The van der Waals surface area contributed by atoms with Crippen molar-refractivity contribution >= 4 is 0 Å². The molecular weight excluding hydrogens is 180 g/mol. The van der Waals surface area contributed by atoms with Gasteiger partial charge in [-0.15, -0.1) is 13.2 Å². The van der Waals surface area contributed by atoms with Crippen LogP contribution in [0.4, 0.5) is 0 Å². The third-order valence-corrected chi connectivity index (χ3v) is 0.500. The summed E-state index contributed by atoms with van der Waals surface area (Å²) in [6.45, 7) is 26.6. The van der Waals surface area contributed by atoms with Gasteiger partial charge in [-0.3, -0.25) is 0 Å². The van der Waals surface area contributed by atoms with Crippen LogP contribution in [0.25, 0.3) is 0 Å². The first-order chi connectivity index (χ1) is 7.33. The van der Waals surface area contributed by atoms with Crippen molar-refractivity contribution in [3.8, 4) is 0 Å². The van der Waals surface area contributed by atoms with Crippen LogP contribution in [0.15, 0.2) is 13.2 Å². The van der Waals surface area contributed by atoms with Gasteiger partial charge in [-0.25, -0.2) is 0 Å². The molecule has 0 saturated heterocycles. The predicted molar refractivity (Wildman–Crippen MR) is 81.8 cm³/mol. The van der Waals surface area contributed by atoms with Gasteiger partial charge in [-0.2, -0.15) is 0 Å². The lowest BCUT2D eigenvalue weighted by Crippen LogP contribution is -1.47. The molecule has 0 aromatic heterocycles. The highest BCUT2D eigenvalue weighted by atomic mass is 13.6. The first kappa shape index (κ1) is 36.4.